The number of aliphatic hydroxyl groups is 2. The second kappa shape index (κ2) is 4.65. The second-order valence-electron chi connectivity index (χ2n) is 3.56. The van der Waals surface area contributed by atoms with Crippen molar-refractivity contribution >= 4 is 17.5 Å². The Balaban J connectivity index is 2.71. The van der Waals surface area contributed by atoms with Crippen molar-refractivity contribution in [1.82, 2.24) is 10.3 Å². The number of hydrogen-bond acceptors (Lipinski definition) is 3. The molecule has 0 aliphatic rings. The Labute approximate surface area is 92.1 Å². The van der Waals surface area contributed by atoms with Crippen LogP contribution in [0.4, 0.5) is 0 Å². The van der Waals surface area contributed by atoms with Crippen LogP contribution in [0.2, 0.25) is 5.02 Å². The molecule has 4 N–H and O–H groups in total. The van der Waals surface area contributed by atoms with Gasteiger partial charge in [-0.05, 0) is 13.0 Å². The number of aliphatic hydroxyl groups excluding tert-OH is 2. The van der Waals surface area contributed by atoms with Crippen LogP contribution in [0.3, 0.4) is 0 Å². The zero-order valence-corrected chi connectivity index (χ0v) is 9.01. The molecule has 1 aromatic heterocycles. The first kappa shape index (κ1) is 12.0. The molecular weight excluding hydrogens is 220 g/mol. The Kier molecular flexibility index (Phi) is 3.73. The van der Waals surface area contributed by atoms with Crippen molar-refractivity contribution < 1.29 is 15.0 Å². The minimum atomic E-state index is -1.03. The third-order valence-corrected chi connectivity index (χ3v) is 2.22. The van der Waals surface area contributed by atoms with Gasteiger partial charge >= 0.3 is 0 Å². The Bertz CT molecular complexity index is 347. The smallest absolute Gasteiger partial charge is 0.268 e. The number of rotatable bonds is 4. The summed E-state index contributed by atoms with van der Waals surface area (Å²) in [6, 6.07) is 1.46. The van der Waals surface area contributed by atoms with Gasteiger partial charge in [0.25, 0.3) is 5.91 Å². The monoisotopic (exact) mass is 232 g/mol. The molecule has 0 fully saturated rings. The van der Waals surface area contributed by atoms with Gasteiger partial charge in [0, 0.05) is 6.20 Å². The Morgan fingerprint density at radius 2 is 2.20 bits per heavy atom. The molecule has 84 valence electrons. The summed E-state index contributed by atoms with van der Waals surface area (Å²) in [5.41, 5.74) is -0.748. The lowest BCUT2D eigenvalue weighted by atomic mass is 10.1. The Morgan fingerprint density at radius 1 is 1.60 bits per heavy atom. The average Bonchev–Trinajstić information content (AvgIpc) is 2.65. The number of carbonyl (C=O) groups is 1. The van der Waals surface area contributed by atoms with E-state index in [-0.39, 0.29) is 18.9 Å². The molecule has 5 nitrogen and oxygen atoms in total. The maximum atomic E-state index is 11.6. The van der Waals surface area contributed by atoms with Gasteiger partial charge < -0.3 is 20.5 Å². The van der Waals surface area contributed by atoms with E-state index < -0.39 is 11.4 Å². The van der Waals surface area contributed by atoms with Crippen molar-refractivity contribution in [3.63, 3.8) is 0 Å². The number of aromatic nitrogens is 1. The van der Waals surface area contributed by atoms with Gasteiger partial charge in [0.15, 0.2) is 0 Å². The van der Waals surface area contributed by atoms with Crippen molar-refractivity contribution in [3.05, 3.63) is 23.0 Å². The largest absolute Gasteiger partial charge is 0.394 e. The summed E-state index contributed by atoms with van der Waals surface area (Å²) in [5.74, 6) is -0.424. The SMILES string of the molecule is CC(CO)(CO)NC(=O)c1cc(Cl)c[nH]1. The maximum absolute atomic E-state index is 11.6. The van der Waals surface area contributed by atoms with E-state index >= 15 is 0 Å². The van der Waals surface area contributed by atoms with Gasteiger partial charge in [-0.3, -0.25) is 4.79 Å². The summed E-state index contributed by atoms with van der Waals surface area (Å²) in [6.45, 7) is 0.850. The van der Waals surface area contributed by atoms with Gasteiger partial charge in [0.2, 0.25) is 0 Å². The van der Waals surface area contributed by atoms with Crippen LogP contribution in [0, 0.1) is 0 Å². The molecule has 0 unspecified atom stereocenters. The molecule has 1 rings (SSSR count). The van der Waals surface area contributed by atoms with Crippen LogP contribution in [-0.4, -0.2) is 39.9 Å². The van der Waals surface area contributed by atoms with Crippen molar-refractivity contribution in [3.8, 4) is 0 Å². The molecule has 1 amide bonds. The quantitative estimate of drug-likeness (QED) is 0.596. The lowest BCUT2D eigenvalue weighted by Gasteiger charge is -2.25. The van der Waals surface area contributed by atoms with Crippen molar-refractivity contribution in [2.45, 2.75) is 12.5 Å². The molecule has 0 aliphatic heterocycles. The zero-order valence-electron chi connectivity index (χ0n) is 8.25. The molecule has 0 saturated heterocycles. The molecule has 0 radical (unpaired) electrons. The third-order valence-electron chi connectivity index (χ3n) is 2.01. The number of halogens is 1. The van der Waals surface area contributed by atoms with Gasteiger partial charge in [-0.2, -0.15) is 0 Å². The van der Waals surface area contributed by atoms with Gasteiger partial charge in [-0.15, -0.1) is 0 Å². The fourth-order valence-corrected chi connectivity index (χ4v) is 1.13. The van der Waals surface area contributed by atoms with E-state index in [2.05, 4.69) is 10.3 Å². The van der Waals surface area contributed by atoms with E-state index in [1.807, 2.05) is 0 Å². The van der Waals surface area contributed by atoms with E-state index in [1.54, 1.807) is 0 Å². The first-order chi connectivity index (χ1) is 7.00. The topological polar surface area (TPSA) is 85.3 Å². The molecule has 0 aromatic carbocycles. The molecule has 0 spiro atoms. The van der Waals surface area contributed by atoms with Crippen LogP contribution in [0.1, 0.15) is 17.4 Å². The van der Waals surface area contributed by atoms with Gasteiger partial charge in [0.05, 0.1) is 23.8 Å². The minimum absolute atomic E-state index is 0.285. The predicted molar refractivity (Wildman–Crippen MR) is 55.8 cm³/mol. The third kappa shape index (κ3) is 2.95. The standard InChI is InChI=1S/C9H13ClN2O3/c1-9(4-13,5-14)12-8(15)7-2-6(10)3-11-7/h2-3,11,13-14H,4-5H2,1H3,(H,12,15). The highest BCUT2D eigenvalue weighted by molar-refractivity contribution is 6.30. The van der Waals surface area contributed by atoms with Crippen LogP contribution >= 0.6 is 11.6 Å². The molecular formula is C9H13ClN2O3. The summed E-state index contributed by atoms with van der Waals surface area (Å²) in [6.07, 6.45) is 1.48. The van der Waals surface area contributed by atoms with Crippen molar-refractivity contribution in [2.24, 2.45) is 0 Å². The fourth-order valence-electron chi connectivity index (χ4n) is 0.969. The molecule has 0 saturated carbocycles. The molecule has 0 bridgehead atoms. The van der Waals surface area contributed by atoms with Gasteiger partial charge in [-0.25, -0.2) is 0 Å². The summed E-state index contributed by atoms with van der Waals surface area (Å²) in [5, 5.41) is 20.9. The minimum Gasteiger partial charge on any atom is -0.394 e. The molecule has 6 heteroatoms. The number of aromatic amines is 1. The van der Waals surface area contributed by atoms with Crippen molar-refractivity contribution in [1.29, 1.82) is 0 Å². The van der Waals surface area contributed by atoms with Crippen molar-refractivity contribution in [2.75, 3.05) is 13.2 Å². The highest BCUT2D eigenvalue weighted by atomic mass is 35.5. The number of amides is 1. The zero-order chi connectivity index (χ0) is 11.5. The van der Waals surface area contributed by atoms with E-state index in [1.165, 1.54) is 19.2 Å². The van der Waals surface area contributed by atoms with Crippen LogP contribution in [0.25, 0.3) is 0 Å². The Morgan fingerprint density at radius 3 is 2.60 bits per heavy atom. The lowest BCUT2D eigenvalue weighted by Crippen LogP contribution is -2.51. The molecule has 0 atom stereocenters. The number of nitrogens with one attached hydrogen (secondary N) is 2. The van der Waals surface area contributed by atoms with E-state index in [0.717, 1.165) is 0 Å². The number of carbonyl (C=O) groups excluding carboxylic acids is 1. The van der Waals surface area contributed by atoms with E-state index in [0.29, 0.717) is 5.02 Å². The summed E-state index contributed by atoms with van der Waals surface area (Å²) in [7, 11) is 0. The van der Waals surface area contributed by atoms with Crippen LogP contribution in [0.5, 0.6) is 0 Å². The summed E-state index contributed by atoms with van der Waals surface area (Å²) >= 11 is 5.63. The lowest BCUT2D eigenvalue weighted by molar-refractivity contribution is 0.0720. The van der Waals surface area contributed by atoms with Gasteiger partial charge in [-0.1, -0.05) is 11.6 Å². The first-order valence-corrected chi connectivity index (χ1v) is 4.77. The maximum Gasteiger partial charge on any atom is 0.268 e. The second-order valence-corrected chi connectivity index (χ2v) is 4.00. The number of hydrogen-bond donors (Lipinski definition) is 4. The molecule has 0 aliphatic carbocycles. The normalized spacial score (nSPS) is 11.5. The highest BCUT2D eigenvalue weighted by Crippen LogP contribution is 2.10. The first-order valence-electron chi connectivity index (χ1n) is 4.39. The van der Waals surface area contributed by atoms with E-state index in [4.69, 9.17) is 21.8 Å². The summed E-state index contributed by atoms with van der Waals surface area (Å²) < 4.78 is 0. The van der Waals surface area contributed by atoms with Gasteiger partial charge in [0.1, 0.15) is 5.69 Å². The fraction of sp³-hybridized carbons (Fsp3) is 0.444. The Hall–Kier alpha value is -1.04. The van der Waals surface area contributed by atoms with Crippen LogP contribution in [-0.2, 0) is 0 Å². The molecule has 15 heavy (non-hydrogen) atoms. The average molecular weight is 233 g/mol. The highest BCUT2D eigenvalue weighted by Gasteiger charge is 2.25. The summed E-state index contributed by atoms with van der Waals surface area (Å²) in [4.78, 5) is 14.2. The van der Waals surface area contributed by atoms with Crippen LogP contribution in [0.15, 0.2) is 12.3 Å². The predicted octanol–water partition coefficient (Wildman–Crippen LogP) is 0.141. The van der Waals surface area contributed by atoms with E-state index in [9.17, 15) is 4.79 Å². The van der Waals surface area contributed by atoms with Crippen LogP contribution < -0.4 is 5.32 Å². The number of H-pyrrole nitrogens is 1. The molecule has 1 heterocycles. The molecule has 1 aromatic rings.